The SMILES string of the molecule is CC(F)(F)c1cc(OC2CCC(C(C)(C)C)CC2)cc(-c2cccc(CNCCC(=O)O)c2)c1. The fourth-order valence-corrected chi connectivity index (χ4v) is 4.62. The van der Waals surface area contributed by atoms with E-state index in [1.165, 1.54) is 12.1 Å². The number of rotatable bonds is 9. The van der Waals surface area contributed by atoms with Crippen molar-refractivity contribution in [2.75, 3.05) is 6.54 Å². The summed E-state index contributed by atoms with van der Waals surface area (Å²) in [5.74, 6) is -2.69. The van der Waals surface area contributed by atoms with E-state index in [1.807, 2.05) is 30.3 Å². The van der Waals surface area contributed by atoms with Crippen LogP contribution in [0.25, 0.3) is 11.1 Å². The van der Waals surface area contributed by atoms with Crippen LogP contribution >= 0.6 is 0 Å². The van der Waals surface area contributed by atoms with E-state index in [1.54, 1.807) is 0 Å². The summed E-state index contributed by atoms with van der Waals surface area (Å²) >= 11 is 0. The van der Waals surface area contributed by atoms with Crippen molar-refractivity contribution >= 4 is 5.97 Å². The number of carbonyl (C=O) groups is 1. The van der Waals surface area contributed by atoms with Crippen molar-refractivity contribution in [3.8, 4) is 16.9 Å². The van der Waals surface area contributed by atoms with Crippen LogP contribution in [0.5, 0.6) is 5.75 Å². The van der Waals surface area contributed by atoms with Gasteiger partial charge in [-0.2, -0.15) is 0 Å². The molecule has 2 N–H and O–H groups in total. The summed E-state index contributed by atoms with van der Waals surface area (Å²) in [6.45, 7) is 8.60. The predicted octanol–water partition coefficient (Wildman–Crippen LogP) is 7.01. The molecule has 2 aromatic carbocycles. The summed E-state index contributed by atoms with van der Waals surface area (Å²) in [4.78, 5) is 10.7. The molecule has 186 valence electrons. The number of halogens is 2. The first-order chi connectivity index (χ1) is 15.9. The zero-order valence-corrected chi connectivity index (χ0v) is 20.7. The average Bonchev–Trinajstić information content (AvgIpc) is 2.76. The van der Waals surface area contributed by atoms with Gasteiger partial charge in [0.2, 0.25) is 0 Å². The summed E-state index contributed by atoms with van der Waals surface area (Å²) in [5.41, 5.74) is 2.68. The standard InChI is InChI=1S/C28H37F2NO3/c1-27(2,3)22-8-10-24(11-9-22)34-25-16-21(15-23(17-25)28(4,29)30)20-7-5-6-19(14-20)18-31-13-12-26(32)33/h5-7,14-17,22,24,31H,8-13,18H2,1-4H3,(H,32,33). The highest BCUT2D eigenvalue weighted by atomic mass is 19.3. The monoisotopic (exact) mass is 473 g/mol. The van der Waals surface area contributed by atoms with Crippen molar-refractivity contribution in [3.63, 3.8) is 0 Å². The normalized spacial score (nSPS) is 19.1. The first-order valence-corrected chi connectivity index (χ1v) is 12.1. The number of nitrogens with one attached hydrogen (secondary N) is 1. The van der Waals surface area contributed by atoms with Crippen LogP contribution in [0.2, 0.25) is 0 Å². The van der Waals surface area contributed by atoms with E-state index in [0.29, 0.717) is 30.3 Å². The molecule has 4 nitrogen and oxygen atoms in total. The van der Waals surface area contributed by atoms with Crippen molar-refractivity contribution in [3.05, 3.63) is 53.6 Å². The summed E-state index contributed by atoms with van der Waals surface area (Å²) in [6, 6.07) is 12.5. The molecule has 0 amide bonds. The highest BCUT2D eigenvalue weighted by Crippen LogP contribution is 2.40. The van der Waals surface area contributed by atoms with E-state index in [2.05, 4.69) is 26.1 Å². The molecule has 34 heavy (non-hydrogen) atoms. The zero-order valence-electron chi connectivity index (χ0n) is 20.7. The minimum atomic E-state index is -2.98. The molecule has 1 saturated carbocycles. The van der Waals surface area contributed by atoms with Gasteiger partial charge in [-0.25, -0.2) is 8.78 Å². The molecular formula is C28H37F2NO3. The van der Waals surface area contributed by atoms with Crippen molar-refractivity contribution in [1.29, 1.82) is 0 Å². The minimum absolute atomic E-state index is 0.0388. The zero-order chi connectivity index (χ0) is 24.9. The van der Waals surface area contributed by atoms with E-state index in [9.17, 15) is 13.6 Å². The molecule has 0 aromatic heterocycles. The van der Waals surface area contributed by atoms with Gasteiger partial charge in [0.15, 0.2) is 0 Å². The van der Waals surface area contributed by atoms with Gasteiger partial charge in [0.25, 0.3) is 5.92 Å². The van der Waals surface area contributed by atoms with E-state index in [0.717, 1.165) is 43.7 Å². The van der Waals surface area contributed by atoms with Gasteiger partial charge in [-0.3, -0.25) is 4.79 Å². The molecule has 1 aliphatic rings. The lowest BCUT2D eigenvalue weighted by molar-refractivity contribution is -0.136. The Kier molecular flexibility index (Phi) is 8.34. The third kappa shape index (κ3) is 7.52. The van der Waals surface area contributed by atoms with Gasteiger partial charge in [-0.15, -0.1) is 0 Å². The Labute approximate surface area is 201 Å². The van der Waals surface area contributed by atoms with E-state index in [4.69, 9.17) is 9.84 Å². The minimum Gasteiger partial charge on any atom is -0.490 e. The predicted molar refractivity (Wildman–Crippen MR) is 131 cm³/mol. The Hall–Kier alpha value is -2.47. The van der Waals surface area contributed by atoms with Crippen molar-refractivity contribution in [1.82, 2.24) is 5.32 Å². The number of carboxylic acids is 1. The van der Waals surface area contributed by atoms with E-state index >= 15 is 0 Å². The van der Waals surface area contributed by atoms with Crippen molar-refractivity contribution in [2.45, 2.75) is 78.4 Å². The van der Waals surface area contributed by atoms with Crippen LogP contribution < -0.4 is 10.1 Å². The fourth-order valence-electron chi connectivity index (χ4n) is 4.62. The van der Waals surface area contributed by atoms with Gasteiger partial charge in [0.1, 0.15) is 5.75 Å². The Morgan fingerprint density at radius 3 is 2.35 bits per heavy atom. The summed E-state index contributed by atoms with van der Waals surface area (Å²) in [7, 11) is 0. The third-order valence-corrected chi connectivity index (χ3v) is 6.72. The molecule has 1 aliphatic carbocycles. The molecule has 0 aliphatic heterocycles. The quantitative estimate of drug-likeness (QED) is 0.385. The number of alkyl halides is 2. The fraction of sp³-hybridized carbons (Fsp3) is 0.536. The van der Waals surface area contributed by atoms with Crippen LogP contribution in [0.3, 0.4) is 0 Å². The lowest BCUT2D eigenvalue weighted by Crippen LogP contribution is -2.30. The lowest BCUT2D eigenvalue weighted by Gasteiger charge is -2.37. The molecule has 2 aromatic rings. The maximum atomic E-state index is 14.3. The Morgan fingerprint density at radius 2 is 1.74 bits per heavy atom. The third-order valence-electron chi connectivity index (χ3n) is 6.72. The van der Waals surface area contributed by atoms with Crippen LogP contribution in [-0.4, -0.2) is 23.7 Å². The molecule has 0 spiro atoms. The Bertz CT molecular complexity index is 970. The van der Waals surface area contributed by atoms with E-state index < -0.39 is 11.9 Å². The Morgan fingerprint density at radius 1 is 1.03 bits per heavy atom. The second-order valence-electron chi connectivity index (χ2n) is 10.6. The summed E-state index contributed by atoms with van der Waals surface area (Å²) in [5, 5.41) is 11.9. The number of carboxylic acid groups (broad SMARTS) is 1. The average molecular weight is 474 g/mol. The van der Waals surface area contributed by atoms with Crippen molar-refractivity contribution < 1.29 is 23.4 Å². The van der Waals surface area contributed by atoms with Gasteiger partial charge in [-0.1, -0.05) is 39.0 Å². The number of hydrogen-bond donors (Lipinski definition) is 2. The second kappa shape index (κ2) is 10.9. The van der Waals surface area contributed by atoms with Gasteiger partial charge >= 0.3 is 5.97 Å². The van der Waals surface area contributed by atoms with Gasteiger partial charge < -0.3 is 15.2 Å². The van der Waals surface area contributed by atoms with Crippen molar-refractivity contribution in [2.24, 2.45) is 11.3 Å². The second-order valence-corrected chi connectivity index (χ2v) is 10.6. The highest BCUT2D eigenvalue weighted by molar-refractivity contribution is 5.67. The molecule has 3 rings (SSSR count). The maximum Gasteiger partial charge on any atom is 0.304 e. The van der Waals surface area contributed by atoms with E-state index in [-0.39, 0.29) is 23.5 Å². The first-order valence-electron chi connectivity index (χ1n) is 12.1. The summed E-state index contributed by atoms with van der Waals surface area (Å²) in [6.07, 6.45) is 4.12. The number of ether oxygens (including phenoxy) is 1. The van der Waals surface area contributed by atoms with Crippen LogP contribution in [0, 0.1) is 11.3 Å². The molecule has 0 atom stereocenters. The molecule has 6 heteroatoms. The van der Waals surface area contributed by atoms with Gasteiger partial charge in [0, 0.05) is 25.6 Å². The topological polar surface area (TPSA) is 58.6 Å². The van der Waals surface area contributed by atoms with Crippen LogP contribution in [0.1, 0.15) is 70.9 Å². The largest absolute Gasteiger partial charge is 0.490 e. The lowest BCUT2D eigenvalue weighted by atomic mass is 9.72. The number of aliphatic carboxylic acids is 1. The molecular weight excluding hydrogens is 436 g/mol. The Balaban J connectivity index is 1.77. The molecule has 0 heterocycles. The molecule has 1 fully saturated rings. The molecule has 0 radical (unpaired) electrons. The molecule has 0 bridgehead atoms. The maximum absolute atomic E-state index is 14.3. The van der Waals surface area contributed by atoms with Crippen LogP contribution in [0.4, 0.5) is 8.78 Å². The van der Waals surface area contributed by atoms with Gasteiger partial charge in [-0.05, 0) is 78.0 Å². The smallest absolute Gasteiger partial charge is 0.304 e. The van der Waals surface area contributed by atoms with Crippen LogP contribution in [0.15, 0.2) is 42.5 Å². The molecule has 0 saturated heterocycles. The van der Waals surface area contributed by atoms with Crippen LogP contribution in [-0.2, 0) is 17.3 Å². The first kappa shape index (κ1) is 26.1. The van der Waals surface area contributed by atoms with Gasteiger partial charge in [0.05, 0.1) is 12.5 Å². The number of benzene rings is 2. The highest BCUT2D eigenvalue weighted by Gasteiger charge is 2.31. The number of hydrogen-bond acceptors (Lipinski definition) is 3. The summed E-state index contributed by atoms with van der Waals surface area (Å²) < 4.78 is 34.9. The molecule has 0 unspecified atom stereocenters.